The lowest BCUT2D eigenvalue weighted by Gasteiger charge is -2.19. The third-order valence-corrected chi connectivity index (χ3v) is 4.70. The zero-order chi connectivity index (χ0) is 19.0. The molecule has 0 aromatic heterocycles. The predicted molar refractivity (Wildman–Crippen MR) is 95.3 cm³/mol. The van der Waals surface area contributed by atoms with Crippen LogP contribution in [-0.2, 0) is 11.2 Å². The molecule has 27 heavy (non-hydrogen) atoms. The maximum Gasteiger partial charge on any atom is 0.261 e. The van der Waals surface area contributed by atoms with Crippen molar-refractivity contribution in [2.45, 2.75) is 19.3 Å². The van der Waals surface area contributed by atoms with E-state index in [1.54, 1.807) is 30.3 Å². The number of rotatable bonds is 5. The number of fused-ring (bicyclic) bond motifs is 2. The Morgan fingerprint density at radius 3 is 2.44 bits per heavy atom. The molecule has 0 bridgehead atoms. The number of carbonyl (C=O) groups is 3. The molecule has 4 rings (SSSR count). The summed E-state index contributed by atoms with van der Waals surface area (Å²) >= 11 is 0. The first-order valence-corrected chi connectivity index (χ1v) is 8.75. The van der Waals surface area contributed by atoms with Gasteiger partial charge in [-0.3, -0.25) is 19.3 Å². The fourth-order valence-corrected chi connectivity index (χ4v) is 3.36. The van der Waals surface area contributed by atoms with Gasteiger partial charge in [-0.05, 0) is 36.6 Å². The minimum absolute atomic E-state index is 0.198. The van der Waals surface area contributed by atoms with Gasteiger partial charge in [0.25, 0.3) is 11.8 Å². The molecule has 0 radical (unpaired) electrons. The predicted octanol–water partition coefficient (Wildman–Crippen LogP) is 2.78. The Morgan fingerprint density at radius 2 is 1.74 bits per heavy atom. The molecule has 0 aliphatic carbocycles. The van der Waals surface area contributed by atoms with Gasteiger partial charge in [-0.1, -0.05) is 12.1 Å². The monoisotopic (exact) mass is 368 g/mol. The van der Waals surface area contributed by atoms with Crippen molar-refractivity contribution in [2.75, 3.05) is 18.5 Å². The number of imide groups is 1. The molecule has 7 heteroatoms. The maximum absolute atomic E-state index is 14.1. The summed E-state index contributed by atoms with van der Waals surface area (Å²) in [4.78, 5) is 37.1. The minimum Gasteiger partial charge on any atom is -0.493 e. The molecule has 2 aliphatic heterocycles. The topological polar surface area (TPSA) is 75.7 Å². The van der Waals surface area contributed by atoms with E-state index >= 15 is 0 Å². The van der Waals surface area contributed by atoms with Gasteiger partial charge in [0.1, 0.15) is 5.75 Å². The fourth-order valence-electron chi connectivity index (χ4n) is 3.36. The number of anilines is 1. The summed E-state index contributed by atoms with van der Waals surface area (Å²) in [5.74, 6) is -0.964. The van der Waals surface area contributed by atoms with Crippen molar-refractivity contribution >= 4 is 23.4 Å². The van der Waals surface area contributed by atoms with Crippen LogP contribution in [0.15, 0.2) is 36.4 Å². The number of nitrogens with one attached hydrogen (secondary N) is 1. The van der Waals surface area contributed by atoms with Crippen molar-refractivity contribution < 1.29 is 23.5 Å². The Balaban J connectivity index is 1.35. The first-order chi connectivity index (χ1) is 13.0. The number of hydrogen-bond donors (Lipinski definition) is 1. The molecule has 2 aliphatic rings. The van der Waals surface area contributed by atoms with Crippen molar-refractivity contribution in [2.24, 2.45) is 0 Å². The molecule has 2 heterocycles. The van der Waals surface area contributed by atoms with E-state index in [9.17, 15) is 18.8 Å². The molecule has 1 N–H and O–H groups in total. The normalized spacial score (nSPS) is 15.4. The van der Waals surface area contributed by atoms with E-state index < -0.39 is 5.82 Å². The third kappa shape index (κ3) is 3.16. The van der Waals surface area contributed by atoms with Gasteiger partial charge in [0, 0.05) is 19.0 Å². The maximum atomic E-state index is 14.1. The van der Waals surface area contributed by atoms with Crippen LogP contribution in [0.1, 0.15) is 39.1 Å². The molecular formula is C20H17FN2O4. The largest absolute Gasteiger partial charge is 0.493 e. The van der Waals surface area contributed by atoms with Gasteiger partial charge in [0.2, 0.25) is 5.91 Å². The van der Waals surface area contributed by atoms with Crippen molar-refractivity contribution in [3.8, 4) is 5.75 Å². The third-order valence-electron chi connectivity index (χ3n) is 4.70. The molecular weight excluding hydrogens is 351 g/mol. The average Bonchev–Trinajstić information content (AvgIpc) is 2.91. The Bertz CT molecular complexity index is 922. The number of halogens is 1. The van der Waals surface area contributed by atoms with E-state index in [1.807, 2.05) is 0 Å². The zero-order valence-corrected chi connectivity index (χ0v) is 14.5. The Labute approximate surface area is 154 Å². The van der Waals surface area contributed by atoms with Gasteiger partial charge >= 0.3 is 0 Å². The van der Waals surface area contributed by atoms with Crippen molar-refractivity contribution in [3.05, 3.63) is 58.9 Å². The van der Waals surface area contributed by atoms with Gasteiger partial charge in [0.05, 0.1) is 23.4 Å². The van der Waals surface area contributed by atoms with E-state index in [0.717, 1.165) is 0 Å². The molecule has 3 amide bonds. The minimum atomic E-state index is -0.532. The first-order valence-electron chi connectivity index (χ1n) is 8.75. The molecule has 138 valence electrons. The van der Waals surface area contributed by atoms with Crippen molar-refractivity contribution in [3.63, 3.8) is 0 Å². The van der Waals surface area contributed by atoms with Crippen LogP contribution in [0.2, 0.25) is 0 Å². The highest BCUT2D eigenvalue weighted by Crippen LogP contribution is 2.30. The number of nitrogens with zero attached hydrogens (tertiary/aromatic N) is 1. The van der Waals surface area contributed by atoms with Gasteiger partial charge in [-0.25, -0.2) is 4.39 Å². The summed E-state index contributed by atoms with van der Waals surface area (Å²) in [5.41, 5.74) is 1.75. The molecule has 2 aromatic carbocycles. The SMILES string of the molecule is O=C1CCc2cc(OCCCN3C(=O)c4ccccc4C3=O)cc(F)c2N1. The van der Waals surface area contributed by atoms with E-state index in [0.29, 0.717) is 41.7 Å². The van der Waals surface area contributed by atoms with E-state index in [1.165, 1.54) is 11.0 Å². The first kappa shape index (κ1) is 17.2. The van der Waals surface area contributed by atoms with Crippen LogP contribution in [0, 0.1) is 5.82 Å². The van der Waals surface area contributed by atoms with E-state index in [-0.39, 0.29) is 36.6 Å². The Hall–Kier alpha value is -3.22. The number of hydrogen-bond acceptors (Lipinski definition) is 4. The summed E-state index contributed by atoms with van der Waals surface area (Å²) in [7, 11) is 0. The molecule has 0 saturated carbocycles. The van der Waals surface area contributed by atoms with Crippen LogP contribution in [0.3, 0.4) is 0 Å². The van der Waals surface area contributed by atoms with Crippen LogP contribution in [0.25, 0.3) is 0 Å². The molecule has 0 fully saturated rings. The van der Waals surface area contributed by atoms with Crippen LogP contribution in [0.4, 0.5) is 10.1 Å². The molecule has 6 nitrogen and oxygen atoms in total. The van der Waals surface area contributed by atoms with Gasteiger partial charge in [-0.2, -0.15) is 0 Å². The number of carbonyl (C=O) groups excluding carboxylic acids is 3. The highest BCUT2D eigenvalue weighted by atomic mass is 19.1. The molecule has 0 saturated heterocycles. The fraction of sp³-hybridized carbons (Fsp3) is 0.250. The lowest BCUT2D eigenvalue weighted by molar-refractivity contribution is -0.116. The number of ether oxygens (including phenoxy) is 1. The molecule has 2 aromatic rings. The van der Waals surface area contributed by atoms with Crippen LogP contribution < -0.4 is 10.1 Å². The smallest absolute Gasteiger partial charge is 0.261 e. The van der Waals surface area contributed by atoms with Crippen LogP contribution >= 0.6 is 0 Å². The summed E-state index contributed by atoms with van der Waals surface area (Å²) in [5, 5.41) is 2.53. The Kier molecular flexibility index (Phi) is 4.35. The van der Waals surface area contributed by atoms with E-state index in [4.69, 9.17) is 4.74 Å². The second kappa shape index (κ2) is 6.83. The Morgan fingerprint density at radius 1 is 1.04 bits per heavy atom. The van der Waals surface area contributed by atoms with E-state index in [2.05, 4.69) is 5.32 Å². The number of benzene rings is 2. The molecule has 0 atom stereocenters. The summed E-state index contributed by atoms with van der Waals surface area (Å²) in [6.07, 6.45) is 1.21. The highest BCUT2D eigenvalue weighted by Gasteiger charge is 2.34. The number of amides is 3. The van der Waals surface area contributed by atoms with Crippen molar-refractivity contribution in [1.82, 2.24) is 4.90 Å². The van der Waals surface area contributed by atoms with Crippen molar-refractivity contribution in [1.29, 1.82) is 0 Å². The summed E-state index contributed by atoms with van der Waals surface area (Å²) < 4.78 is 19.7. The second-order valence-corrected chi connectivity index (χ2v) is 6.50. The van der Waals surface area contributed by atoms with Gasteiger partial charge in [-0.15, -0.1) is 0 Å². The molecule has 0 spiro atoms. The number of aryl methyl sites for hydroxylation is 1. The summed E-state index contributed by atoms with van der Waals surface area (Å²) in [6.45, 7) is 0.466. The van der Waals surface area contributed by atoms with Crippen LogP contribution in [0.5, 0.6) is 5.75 Å². The quantitative estimate of drug-likeness (QED) is 0.650. The average molecular weight is 368 g/mol. The highest BCUT2D eigenvalue weighted by molar-refractivity contribution is 6.21. The lowest BCUT2D eigenvalue weighted by atomic mass is 10.0. The zero-order valence-electron chi connectivity index (χ0n) is 14.5. The lowest BCUT2D eigenvalue weighted by Crippen LogP contribution is -2.31. The standard InChI is InChI=1S/C20H17FN2O4/c21-16-11-13(10-12-6-7-17(24)22-18(12)16)27-9-3-8-23-19(25)14-4-1-2-5-15(14)20(23)26/h1-2,4-5,10-11H,3,6-9H2,(H,22,24). The second-order valence-electron chi connectivity index (χ2n) is 6.50. The summed E-state index contributed by atoms with van der Waals surface area (Å²) in [6, 6.07) is 9.67. The van der Waals surface area contributed by atoms with Gasteiger partial charge in [0.15, 0.2) is 5.82 Å². The van der Waals surface area contributed by atoms with Gasteiger partial charge < -0.3 is 10.1 Å². The van der Waals surface area contributed by atoms with Crippen LogP contribution in [-0.4, -0.2) is 35.8 Å². The molecule has 0 unspecified atom stereocenters.